The molecule has 0 aromatic heterocycles. The second-order valence-corrected chi connectivity index (χ2v) is 9.21. The normalized spacial score (nSPS) is 16.9. The zero-order chi connectivity index (χ0) is 28.4. The summed E-state index contributed by atoms with van der Waals surface area (Å²) in [6.45, 7) is 0.395. The van der Waals surface area contributed by atoms with Gasteiger partial charge in [-0.3, -0.25) is 10.2 Å². The Bertz CT molecular complexity index is 1330. The Labute approximate surface area is 230 Å². The molecule has 0 saturated carbocycles. The molecule has 0 saturated heterocycles. The summed E-state index contributed by atoms with van der Waals surface area (Å²) in [7, 11) is 0. The van der Waals surface area contributed by atoms with Crippen molar-refractivity contribution in [2.75, 3.05) is 19.8 Å². The van der Waals surface area contributed by atoms with Crippen LogP contribution in [0.2, 0.25) is 0 Å². The summed E-state index contributed by atoms with van der Waals surface area (Å²) in [5.41, 5.74) is 5.25. The average molecular weight is 554 g/mol. The molecule has 4 rings (SSSR count). The van der Waals surface area contributed by atoms with Gasteiger partial charge >= 0.3 is 6.18 Å². The van der Waals surface area contributed by atoms with Crippen LogP contribution in [0.3, 0.4) is 0 Å². The number of halogens is 3. The van der Waals surface area contributed by atoms with Crippen LogP contribution in [-0.2, 0) is 22.3 Å². The first-order valence-electron chi connectivity index (χ1n) is 12.8. The third kappa shape index (κ3) is 7.71. The van der Waals surface area contributed by atoms with E-state index in [0.29, 0.717) is 35.8 Å². The van der Waals surface area contributed by atoms with Crippen molar-refractivity contribution in [3.8, 4) is 5.75 Å². The number of hydrogen-bond acceptors (Lipinski definition) is 6. The second-order valence-electron chi connectivity index (χ2n) is 9.21. The number of ether oxygens (including phenoxy) is 2. The topological polar surface area (TPSA) is 92.2 Å². The number of nitrogens with zero attached hydrogens (tertiary/aromatic N) is 1. The molecule has 1 aliphatic rings. The van der Waals surface area contributed by atoms with E-state index in [1.807, 2.05) is 42.5 Å². The fourth-order valence-corrected chi connectivity index (χ4v) is 4.01. The SMILES string of the molecule is O=C(NNCc1cccc(C(F)(F)F)c1)[C@]1(C/C=C/c2ccccc2)COC(c2ccc(OCCCO)cc2)=N1. The molecule has 1 amide bonds. The molecule has 10 heteroatoms. The summed E-state index contributed by atoms with van der Waals surface area (Å²) < 4.78 is 50.5. The van der Waals surface area contributed by atoms with Crippen molar-refractivity contribution < 1.29 is 32.5 Å². The van der Waals surface area contributed by atoms with Gasteiger partial charge in [-0.05, 0) is 41.5 Å². The van der Waals surface area contributed by atoms with Crippen molar-refractivity contribution in [3.63, 3.8) is 0 Å². The number of hydrogen-bond donors (Lipinski definition) is 3. The minimum Gasteiger partial charge on any atom is -0.494 e. The summed E-state index contributed by atoms with van der Waals surface area (Å²) in [5, 5.41) is 8.91. The molecule has 1 aliphatic heterocycles. The first-order valence-corrected chi connectivity index (χ1v) is 12.8. The Kier molecular flexibility index (Phi) is 9.57. The number of aliphatic hydroxyl groups excluding tert-OH is 1. The molecular formula is C30H30F3N3O4. The van der Waals surface area contributed by atoms with Gasteiger partial charge in [0, 0.05) is 31.6 Å². The van der Waals surface area contributed by atoms with E-state index in [0.717, 1.165) is 17.7 Å². The molecule has 0 fully saturated rings. The first kappa shape index (κ1) is 28.8. The van der Waals surface area contributed by atoms with Gasteiger partial charge in [-0.15, -0.1) is 0 Å². The molecule has 1 heterocycles. The third-order valence-corrected chi connectivity index (χ3v) is 6.17. The smallest absolute Gasteiger partial charge is 0.416 e. The minimum atomic E-state index is -4.45. The van der Waals surface area contributed by atoms with Crippen molar-refractivity contribution in [2.24, 2.45) is 4.99 Å². The number of carbonyl (C=O) groups is 1. The highest BCUT2D eigenvalue weighted by Crippen LogP contribution is 2.30. The van der Waals surface area contributed by atoms with E-state index in [2.05, 4.69) is 15.8 Å². The van der Waals surface area contributed by atoms with E-state index < -0.39 is 23.2 Å². The van der Waals surface area contributed by atoms with Crippen LogP contribution in [0.1, 0.15) is 35.1 Å². The lowest BCUT2D eigenvalue weighted by Gasteiger charge is -2.22. The molecule has 1 atom stereocenters. The molecule has 0 spiro atoms. The summed E-state index contributed by atoms with van der Waals surface area (Å²) >= 11 is 0. The number of carbonyl (C=O) groups excluding carboxylic acids is 1. The number of benzene rings is 3. The van der Waals surface area contributed by atoms with E-state index in [4.69, 9.17) is 14.6 Å². The maximum absolute atomic E-state index is 13.4. The van der Waals surface area contributed by atoms with Crippen molar-refractivity contribution in [2.45, 2.75) is 31.1 Å². The molecule has 7 nitrogen and oxygen atoms in total. The Balaban J connectivity index is 1.48. The number of rotatable bonds is 12. The third-order valence-electron chi connectivity index (χ3n) is 6.17. The number of alkyl halides is 3. The average Bonchev–Trinajstić information content (AvgIpc) is 3.39. The molecular weight excluding hydrogens is 523 g/mol. The van der Waals surface area contributed by atoms with E-state index in [-0.39, 0.29) is 26.2 Å². The van der Waals surface area contributed by atoms with E-state index >= 15 is 0 Å². The molecule has 0 aliphatic carbocycles. The van der Waals surface area contributed by atoms with Crippen molar-refractivity contribution in [3.05, 3.63) is 107 Å². The van der Waals surface area contributed by atoms with Crippen LogP contribution in [0.4, 0.5) is 13.2 Å². The number of amides is 1. The lowest BCUT2D eigenvalue weighted by molar-refractivity contribution is -0.137. The van der Waals surface area contributed by atoms with Gasteiger partial charge in [0.1, 0.15) is 12.4 Å². The minimum absolute atomic E-state index is 0.0131. The Morgan fingerprint density at radius 3 is 2.58 bits per heavy atom. The Morgan fingerprint density at radius 2 is 1.85 bits per heavy atom. The summed E-state index contributed by atoms with van der Waals surface area (Å²) in [4.78, 5) is 18.1. The molecule has 3 aromatic carbocycles. The van der Waals surface area contributed by atoms with Crippen molar-refractivity contribution in [1.29, 1.82) is 0 Å². The number of hydrazine groups is 1. The summed E-state index contributed by atoms with van der Waals surface area (Å²) in [6, 6.07) is 21.5. The highest BCUT2D eigenvalue weighted by molar-refractivity contribution is 6.00. The van der Waals surface area contributed by atoms with Gasteiger partial charge in [-0.25, -0.2) is 10.4 Å². The molecule has 3 N–H and O–H groups in total. The van der Waals surface area contributed by atoms with Gasteiger partial charge in [0.25, 0.3) is 5.91 Å². The molecule has 210 valence electrons. The van der Waals surface area contributed by atoms with Crippen LogP contribution in [0, 0.1) is 0 Å². The maximum Gasteiger partial charge on any atom is 0.416 e. The van der Waals surface area contributed by atoms with Crippen molar-refractivity contribution in [1.82, 2.24) is 10.9 Å². The highest BCUT2D eigenvalue weighted by Gasteiger charge is 2.43. The lowest BCUT2D eigenvalue weighted by Crippen LogP contribution is -2.51. The van der Waals surface area contributed by atoms with Gasteiger partial charge < -0.3 is 14.6 Å². The van der Waals surface area contributed by atoms with E-state index in [9.17, 15) is 18.0 Å². The van der Waals surface area contributed by atoms with E-state index in [1.165, 1.54) is 6.07 Å². The van der Waals surface area contributed by atoms with Crippen LogP contribution in [0.15, 0.2) is 89.9 Å². The number of aliphatic hydroxyl groups is 1. The monoisotopic (exact) mass is 553 g/mol. The quantitative estimate of drug-likeness (QED) is 0.219. The fraction of sp³-hybridized carbons (Fsp3) is 0.267. The van der Waals surface area contributed by atoms with Gasteiger partial charge in [0.15, 0.2) is 5.54 Å². The predicted molar refractivity (Wildman–Crippen MR) is 145 cm³/mol. The predicted octanol–water partition coefficient (Wildman–Crippen LogP) is 4.91. The highest BCUT2D eigenvalue weighted by atomic mass is 19.4. The maximum atomic E-state index is 13.4. The van der Waals surface area contributed by atoms with Gasteiger partial charge in [0.2, 0.25) is 5.90 Å². The standard InChI is InChI=1S/C30H30F3N3O4/c31-30(32,33)25-11-4-9-23(19-25)20-34-36-28(38)29(16-5-10-22-7-2-1-3-8-22)21-40-27(35-29)24-12-14-26(15-13-24)39-18-6-17-37/h1-5,7-15,19,34,37H,6,16-18,20-21H2,(H,36,38)/b10-5+/t29-/m0/s1. The van der Waals surface area contributed by atoms with Crippen LogP contribution in [0.5, 0.6) is 5.75 Å². The Morgan fingerprint density at radius 1 is 1.07 bits per heavy atom. The molecule has 3 aromatic rings. The molecule has 0 radical (unpaired) electrons. The van der Waals surface area contributed by atoms with Crippen LogP contribution in [0.25, 0.3) is 6.08 Å². The fourth-order valence-electron chi connectivity index (χ4n) is 4.01. The zero-order valence-electron chi connectivity index (χ0n) is 21.7. The van der Waals surface area contributed by atoms with Gasteiger partial charge in [-0.1, -0.05) is 60.7 Å². The van der Waals surface area contributed by atoms with Gasteiger partial charge in [-0.2, -0.15) is 13.2 Å². The Hall–Kier alpha value is -4.15. The molecule has 40 heavy (non-hydrogen) atoms. The summed E-state index contributed by atoms with van der Waals surface area (Å²) in [5.74, 6) is 0.448. The largest absolute Gasteiger partial charge is 0.494 e. The van der Waals surface area contributed by atoms with Gasteiger partial charge in [0.05, 0.1) is 12.2 Å². The van der Waals surface area contributed by atoms with Crippen molar-refractivity contribution >= 4 is 17.9 Å². The van der Waals surface area contributed by atoms with Crippen LogP contribution < -0.4 is 15.6 Å². The molecule has 0 unspecified atom stereocenters. The first-order chi connectivity index (χ1) is 19.3. The van der Waals surface area contributed by atoms with E-state index in [1.54, 1.807) is 30.3 Å². The number of nitrogens with one attached hydrogen (secondary N) is 2. The lowest BCUT2D eigenvalue weighted by atomic mass is 9.95. The van der Waals surface area contributed by atoms with Crippen LogP contribution >= 0.6 is 0 Å². The molecule has 0 bridgehead atoms. The second kappa shape index (κ2) is 13.3. The number of aliphatic imine (C=N–C) groups is 1. The summed E-state index contributed by atoms with van der Waals surface area (Å²) in [6.07, 6.45) is 0.0233. The zero-order valence-corrected chi connectivity index (χ0v) is 21.7. The van der Waals surface area contributed by atoms with Crippen LogP contribution in [-0.4, -0.2) is 42.3 Å².